The van der Waals surface area contributed by atoms with Crippen LogP contribution in [0.5, 0.6) is 0 Å². The Hall–Kier alpha value is -2.67. The average Bonchev–Trinajstić information content (AvgIpc) is 2.51. The zero-order valence-corrected chi connectivity index (χ0v) is 15.3. The summed E-state index contributed by atoms with van der Waals surface area (Å²) in [6, 6.07) is 1.66. The van der Waals surface area contributed by atoms with Crippen LogP contribution in [0, 0.1) is 11.3 Å². The molecule has 0 saturated heterocycles. The molecule has 0 aromatic rings. The van der Waals surface area contributed by atoms with Crippen LogP contribution in [-0.4, -0.2) is 61.5 Å². The van der Waals surface area contributed by atoms with Gasteiger partial charge in [0.25, 0.3) is 0 Å². The molecule has 10 heteroatoms. The van der Waals surface area contributed by atoms with Gasteiger partial charge in [0.05, 0.1) is 6.61 Å². The van der Waals surface area contributed by atoms with Gasteiger partial charge in [0.1, 0.15) is 6.07 Å². The molecule has 0 fully saturated rings. The number of ether oxygens (including phenoxy) is 5. The smallest absolute Gasteiger partial charge is 0.304 e. The molecule has 0 aliphatic carbocycles. The van der Waals surface area contributed by atoms with E-state index in [1.807, 2.05) is 0 Å². The fourth-order valence-electron chi connectivity index (χ4n) is 2.03. The Kier molecular flexibility index (Phi) is 10.6. The Morgan fingerprint density at radius 3 is 1.65 bits per heavy atom. The van der Waals surface area contributed by atoms with Crippen molar-refractivity contribution in [3.05, 3.63) is 0 Å². The third-order valence-corrected chi connectivity index (χ3v) is 2.82. The number of hydrogen-bond donors (Lipinski definition) is 0. The molecule has 0 saturated carbocycles. The van der Waals surface area contributed by atoms with E-state index in [0.717, 1.165) is 27.7 Å². The molecule has 0 rings (SSSR count). The van der Waals surface area contributed by atoms with Gasteiger partial charge in [-0.2, -0.15) is 5.26 Å². The van der Waals surface area contributed by atoms with Gasteiger partial charge in [-0.1, -0.05) is 0 Å². The van der Waals surface area contributed by atoms with E-state index < -0.39 is 48.3 Å². The number of carbonyl (C=O) groups excluding carboxylic acids is 4. The molecule has 0 aliphatic heterocycles. The van der Waals surface area contributed by atoms with E-state index in [1.165, 1.54) is 0 Å². The SMILES string of the molecule is CCOC[C@H](OC(C)=O)[C@H](OC(C)=O)[C@@H](OC(C)=O)[C@@H](C#N)OC(C)=O. The standard InChI is InChI=1S/C16H23NO9/c1-6-22-8-14(24-10(3)19)16(26-12(5)21)15(25-11(4)20)13(7-17)23-9(2)18/h13-16H,6,8H2,1-5H3/t13-,14+,15+,16+/m1/s1. The molecule has 4 atom stereocenters. The average molecular weight is 373 g/mol. The van der Waals surface area contributed by atoms with Crippen LogP contribution in [0.1, 0.15) is 34.6 Å². The molecule has 10 nitrogen and oxygen atoms in total. The van der Waals surface area contributed by atoms with E-state index >= 15 is 0 Å². The second kappa shape index (κ2) is 11.8. The molecule has 0 heterocycles. The Morgan fingerprint density at radius 2 is 1.27 bits per heavy atom. The summed E-state index contributed by atoms with van der Waals surface area (Å²) in [5, 5.41) is 9.28. The lowest BCUT2D eigenvalue weighted by Crippen LogP contribution is -2.52. The molecule has 0 spiro atoms. The lowest BCUT2D eigenvalue weighted by molar-refractivity contribution is -0.198. The number of esters is 4. The van der Waals surface area contributed by atoms with Crippen molar-refractivity contribution in [3.63, 3.8) is 0 Å². The van der Waals surface area contributed by atoms with E-state index in [-0.39, 0.29) is 13.2 Å². The van der Waals surface area contributed by atoms with Gasteiger partial charge >= 0.3 is 23.9 Å². The molecule has 26 heavy (non-hydrogen) atoms. The van der Waals surface area contributed by atoms with Crippen molar-refractivity contribution in [2.45, 2.75) is 59.0 Å². The van der Waals surface area contributed by atoms with E-state index in [1.54, 1.807) is 13.0 Å². The van der Waals surface area contributed by atoms with Crippen LogP contribution < -0.4 is 0 Å². The first-order valence-corrected chi connectivity index (χ1v) is 7.78. The molecule has 0 bridgehead atoms. The maximum absolute atomic E-state index is 11.5. The molecule has 0 unspecified atom stereocenters. The highest BCUT2D eigenvalue weighted by Crippen LogP contribution is 2.19. The van der Waals surface area contributed by atoms with Crippen molar-refractivity contribution >= 4 is 23.9 Å². The molecule has 0 N–H and O–H groups in total. The van der Waals surface area contributed by atoms with Crippen LogP contribution in [0.25, 0.3) is 0 Å². The number of nitrogens with zero attached hydrogens (tertiary/aromatic N) is 1. The second-order valence-corrected chi connectivity index (χ2v) is 5.11. The van der Waals surface area contributed by atoms with Gasteiger partial charge in [0.2, 0.25) is 6.10 Å². The number of nitriles is 1. The Bertz CT molecular complexity index is 554. The fourth-order valence-corrected chi connectivity index (χ4v) is 2.03. The predicted molar refractivity (Wildman–Crippen MR) is 84.3 cm³/mol. The molecular weight excluding hydrogens is 350 g/mol. The first-order valence-electron chi connectivity index (χ1n) is 7.78. The number of carbonyl (C=O) groups is 4. The summed E-state index contributed by atoms with van der Waals surface area (Å²) < 4.78 is 25.3. The van der Waals surface area contributed by atoms with Gasteiger partial charge < -0.3 is 23.7 Å². The van der Waals surface area contributed by atoms with E-state index in [9.17, 15) is 24.4 Å². The van der Waals surface area contributed by atoms with Gasteiger partial charge in [-0.3, -0.25) is 19.2 Å². The minimum absolute atomic E-state index is 0.204. The lowest BCUT2D eigenvalue weighted by atomic mass is 10.0. The summed E-state index contributed by atoms with van der Waals surface area (Å²) in [7, 11) is 0. The van der Waals surface area contributed by atoms with E-state index in [2.05, 4.69) is 0 Å². The maximum atomic E-state index is 11.5. The molecular formula is C16H23NO9. The van der Waals surface area contributed by atoms with Gasteiger partial charge in [0, 0.05) is 34.3 Å². The monoisotopic (exact) mass is 373 g/mol. The molecule has 0 amide bonds. The maximum Gasteiger partial charge on any atom is 0.304 e. The zero-order chi connectivity index (χ0) is 20.3. The Labute approximate surface area is 151 Å². The molecule has 0 radical (unpaired) electrons. The quantitative estimate of drug-likeness (QED) is 0.387. The number of rotatable bonds is 10. The normalized spacial score (nSPS) is 14.8. The molecule has 0 aliphatic rings. The summed E-state index contributed by atoms with van der Waals surface area (Å²) >= 11 is 0. The molecule has 0 aromatic carbocycles. The van der Waals surface area contributed by atoms with Gasteiger partial charge in [0.15, 0.2) is 18.3 Å². The first-order chi connectivity index (χ1) is 12.1. The lowest BCUT2D eigenvalue weighted by Gasteiger charge is -2.33. The minimum atomic E-state index is -1.60. The van der Waals surface area contributed by atoms with E-state index in [4.69, 9.17) is 23.7 Å². The Balaban J connectivity index is 5.92. The zero-order valence-electron chi connectivity index (χ0n) is 15.3. The van der Waals surface area contributed by atoms with Gasteiger partial charge in [-0.05, 0) is 6.92 Å². The third-order valence-electron chi connectivity index (χ3n) is 2.82. The summed E-state index contributed by atoms with van der Waals surface area (Å²) in [5.41, 5.74) is 0. The fraction of sp³-hybridized carbons (Fsp3) is 0.688. The van der Waals surface area contributed by atoms with Crippen LogP contribution >= 0.6 is 0 Å². The van der Waals surface area contributed by atoms with Crippen molar-refractivity contribution in [1.29, 1.82) is 5.26 Å². The Morgan fingerprint density at radius 1 is 0.808 bits per heavy atom. The highest BCUT2D eigenvalue weighted by atomic mass is 16.6. The van der Waals surface area contributed by atoms with Gasteiger partial charge in [-0.25, -0.2) is 0 Å². The molecule has 146 valence electrons. The highest BCUT2D eigenvalue weighted by Gasteiger charge is 2.43. The minimum Gasteiger partial charge on any atom is -0.456 e. The largest absolute Gasteiger partial charge is 0.456 e. The van der Waals surface area contributed by atoms with Crippen LogP contribution in [0.15, 0.2) is 0 Å². The van der Waals surface area contributed by atoms with Crippen molar-refractivity contribution < 1.29 is 42.9 Å². The van der Waals surface area contributed by atoms with Crippen molar-refractivity contribution in [1.82, 2.24) is 0 Å². The highest BCUT2D eigenvalue weighted by molar-refractivity contribution is 5.69. The summed E-state index contributed by atoms with van der Waals surface area (Å²) in [6.07, 6.45) is -5.77. The summed E-state index contributed by atoms with van der Waals surface area (Å²) in [6.45, 7) is 6.06. The van der Waals surface area contributed by atoms with E-state index in [0.29, 0.717) is 0 Å². The predicted octanol–water partition coefficient (Wildman–Crippen LogP) is 0.273. The topological polar surface area (TPSA) is 138 Å². The third kappa shape index (κ3) is 8.98. The van der Waals surface area contributed by atoms with Crippen LogP contribution in [-0.2, 0) is 42.9 Å². The molecule has 0 aromatic heterocycles. The van der Waals surface area contributed by atoms with Crippen molar-refractivity contribution in [2.75, 3.05) is 13.2 Å². The van der Waals surface area contributed by atoms with Crippen LogP contribution in [0.3, 0.4) is 0 Å². The van der Waals surface area contributed by atoms with Crippen molar-refractivity contribution in [3.8, 4) is 6.07 Å². The van der Waals surface area contributed by atoms with Crippen LogP contribution in [0.4, 0.5) is 0 Å². The summed E-state index contributed by atoms with van der Waals surface area (Å²) in [5.74, 6) is -3.14. The second-order valence-electron chi connectivity index (χ2n) is 5.11. The number of hydrogen-bond acceptors (Lipinski definition) is 10. The van der Waals surface area contributed by atoms with Crippen LogP contribution in [0.2, 0.25) is 0 Å². The van der Waals surface area contributed by atoms with Crippen molar-refractivity contribution in [2.24, 2.45) is 0 Å². The summed E-state index contributed by atoms with van der Waals surface area (Å²) in [4.78, 5) is 45.6. The first kappa shape index (κ1) is 23.3. The van der Waals surface area contributed by atoms with Gasteiger partial charge in [-0.15, -0.1) is 0 Å².